The van der Waals surface area contributed by atoms with Crippen molar-refractivity contribution in [3.63, 3.8) is 0 Å². The van der Waals surface area contributed by atoms with Gasteiger partial charge in [-0.3, -0.25) is 14.9 Å². The molecular weight excluding hydrogens is 753 g/mol. The van der Waals surface area contributed by atoms with Gasteiger partial charge in [0.1, 0.15) is 17.2 Å². The number of nitrogens with zero attached hydrogens (tertiary/aromatic N) is 5. The normalized spacial score (nSPS) is 10.9. The Morgan fingerprint density at radius 1 is 0.793 bits per heavy atom. The van der Waals surface area contributed by atoms with Gasteiger partial charge in [0.2, 0.25) is 10.9 Å². The molecule has 5 aromatic carbocycles. The number of hydrogen-bond acceptors (Lipinski definition) is 10. The number of nitrogens with one attached hydrogen (secondary N) is 1. The first-order chi connectivity index (χ1) is 28.2. The molecule has 0 bridgehead atoms. The molecule has 6 aromatic rings. The molecule has 0 aliphatic heterocycles. The summed E-state index contributed by atoms with van der Waals surface area (Å²) in [5.41, 5.74) is 1.95. The highest BCUT2D eigenvalue weighted by molar-refractivity contribution is 7.98. The van der Waals surface area contributed by atoms with E-state index >= 15 is 0 Å². The average Bonchev–Trinajstić information content (AvgIpc) is 3.71. The van der Waals surface area contributed by atoms with E-state index in [1.807, 2.05) is 30.3 Å². The van der Waals surface area contributed by atoms with Gasteiger partial charge in [-0.15, -0.1) is 5.10 Å². The fourth-order valence-corrected chi connectivity index (χ4v) is 7.24. The summed E-state index contributed by atoms with van der Waals surface area (Å²) in [4.78, 5) is 24.9. The fourth-order valence-electron chi connectivity index (χ4n) is 6.41. The standard InChI is InChI=1S/C32H24N6O6S.C13H28/c1-19-11-13-27(39)25(15-19)33-31(41)24-17-29(22-9-5-6-10-23(22)30(24)40)44-28-14-12-20(16-26(28)38(42)43)18-45-32-34-35-36-37(32)21-7-3-2-4-8-21;1-3-5-7-9-11-13-12-10-8-6-4-2/h2-17,39-40H,18H2,1H3,(H,33,41);3-13H2,1-2H3. The number of nitro benzene ring substituents is 1. The Labute approximate surface area is 343 Å². The maximum atomic E-state index is 13.3. The number of hydrogen-bond donors (Lipinski definition) is 3. The number of anilines is 1. The molecule has 0 atom stereocenters. The van der Waals surface area contributed by atoms with Gasteiger partial charge < -0.3 is 20.3 Å². The summed E-state index contributed by atoms with van der Waals surface area (Å²) in [5.74, 6) is -0.745. The third kappa shape index (κ3) is 12.0. The van der Waals surface area contributed by atoms with E-state index in [9.17, 15) is 25.1 Å². The maximum absolute atomic E-state index is 13.3. The van der Waals surface area contributed by atoms with E-state index in [1.165, 1.54) is 107 Å². The van der Waals surface area contributed by atoms with Crippen LogP contribution in [0.1, 0.15) is 106 Å². The van der Waals surface area contributed by atoms with Gasteiger partial charge in [0.05, 0.1) is 21.9 Å². The molecule has 0 saturated carbocycles. The topological polar surface area (TPSA) is 166 Å². The summed E-state index contributed by atoms with van der Waals surface area (Å²) in [5, 5.41) is 49.1. The van der Waals surface area contributed by atoms with Crippen LogP contribution in [0.3, 0.4) is 0 Å². The lowest BCUT2D eigenvalue weighted by atomic mass is 10.0. The maximum Gasteiger partial charge on any atom is 0.311 e. The molecule has 0 saturated heterocycles. The number of carbonyl (C=O) groups excluding carboxylic acids is 1. The van der Waals surface area contributed by atoms with Gasteiger partial charge in [-0.2, -0.15) is 4.68 Å². The number of carbonyl (C=O) groups is 1. The van der Waals surface area contributed by atoms with Crippen molar-refractivity contribution in [3.8, 4) is 28.7 Å². The summed E-state index contributed by atoms with van der Waals surface area (Å²) < 4.78 is 7.66. The Bertz CT molecular complexity index is 2250. The molecule has 13 heteroatoms. The Hall–Kier alpha value is -5.95. The Morgan fingerprint density at radius 2 is 1.43 bits per heavy atom. The first kappa shape index (κ1) is 43.2. The number of unbranched alkanes of at least 4 members (excludes halogenated alkanes) is 10. The number of phenolic OH excluding ortho intramolecular Hbond substituents is 2. The molecule has 0 spiro atoms. The number of para-hydroxylation sites is 1. The second-order valence-electron chi connectivity index (χ2n) is 14.1. The molecule has 304 valence electrons. The van der Waals surface area contributed by atoms with E-state index in [0.29, 0.717) is 27.2 Å². The van der Waals surface area contributed by atoms with E-state index < -0.39 is 10.8 Å². The molecule has 1 heterocycles. The smallest absolute Gasteiger partial charge is 0.311 e. The summed E-state index contributed by atoms with van der Waals surface area (Å²) in [6.07, 6.45) is 15.9. The van der Waals surface area contributed by atoms with Crippen LogP contribution < -0.4 is 10.1 Å². The van der Waals surface area contributed by atoms with Crippen molar-refractivity contribution in [3.05, 3.63) is 124 Å². The number of ether oxygens (including phenoxy) is 1. The van der Waals surface area contributed by atoms with Gasteiger partial charge in [0.15, 0.2) is 0 Å². The minimum Gasteiger partial charge on any atom is -0.506 e. The number of amides is 1. The van der Waals surface area contributed by atoms with Crippen molar-refractivity contribution in [2.24, 2.45) is 0 Å². The van der Waals surface area contributed by atoms with Gasteiger partial charge in [0.25, 0.3) is 5.91 Å². The molecule has 12 nitrogen and oxygen atoms in total. The van der Waals surface area contributed by atoms with Crippen molar-refractivity contribution in [1.82, 2.24) is 20.2 Å². The molecule has 58 heavy (non-hydrogen) atoms. The van der Waals surface area contributed by atoms with E-state index in [2.05, 4.69) is 34.7 Å². The van der Waals surface area contributed by atoms with Gasteiger partial charge in [0, 0.05) is 22.6 Å². The quantitative estimate of drug-likeness (QED) is 0.0236. The number of fused-ring (bicyclic) bond motifs is 1. The third-order valence-electron chi connectivity index (χ3n) is 9.58. The van der Waals surface area contributed by atoms with Crippen LogP contribution >= 0.6 is 11.8 Å². The number of rotatable bonds is 19. The minimum absolute atomic E-state index is 0.0543. The fraction of sp³-hybridized carbons (Fsp3) is 0.333. The lowest BCUT2D eigenvalue weighted by Gasteiger charge is -2.15. The van der Waals surface area contributed by atoms with Crippen molar-refractivity contribution in [2.45, 2.75) is 102 Å². The lowest BCUT2D eigenvalue weighted by Crippen LogP contribution is -2.13. The molecule has 0 radical (unpaired) electrons. The van der Waals surface area contributed by atoms with Crippen molar-refractivity contribution in [1.29, 1.82) is 0 Å². The zero-order valence-electron chi connectivity index (χ0n) is 33.4. The molecular formula is C45H52N6O6S. The highest BCUT2D eigenvalue weighted by Gasteiger charge is 2.23. The highest BCUT2D eigenvalue weighted by atomic mass is 32.2. The Kier molecular flexibility index (Phi) is 16.5. The predicted octanol–water partition coefficient (Wildman–Crippen LogP) is 12.1. The predicted molar refractivity (Wildman–Crippen MR) is 230 cm³/mol. The number of phenols is 2. The average molecular weight is 805 g/mol. The van der Waals surface area contributed by atoms with Gasteiger partial charge in [-0.1, -0.05) is 151 Å². The minimum atomic E-state index is -0.705. The SMILES string of the molecule is CCCCCCCCCCCCC.Cc1ccc(O)c(NC(=O)c2cc(Oc3ccc(CSc4nnnn4-c4ccccc4)cc3[N+](=O)[O-])c3ccccc3c2O)c1. The van der Waals surface area contributed by atoms with Crippen molar-refractivity contribution in [2.75, 3.05) is 5.32 Å². The van der Waals surface area contributed by atoms with E-state index in [0.717, 1.165) is 11.3 Å². The molecule has 0 fully saturated rings. The molecule has 3 N–H and O–H groups in total. The molecule has 6 rings (SSSR count). The van der Waals surface area contributed by atoms with Crippen LogP contribution in [0.25, 0.3) is 16.5 Å². The van der Waals surface area contributed by atoms with Gasteiger partial charge in [-0.05, 0) is 64.9 Å². The monoisotopic (exact) mass is 804 g/mol. The Morgan fingerprint density at radius 3 is 2.09 bits per heavy atom. The van der Waals surface area contributed by atoms with Gasteiger partial charge in [-0.25, -0.2) is 0 Å². The summed E-state index contributed by atoms with van der Waals surface area (Å²) in [6, 6.07) is 26.7. The van der Waals surface area contributed by atoms with Crippen LogP contribution in [-0.4, -0.2) is 41.3 Å². The summed E-state index contributed by atoms with van der Waals surface area (Å²) >= 11 is 1.32. The van der Waals surface area contributed by atoms with Crippen LogP contribution in [0, 0.1) is 17.0 Å². The third-order valence-corrected chi connectivity index (χ3v) is 10.6. The summed E-state index contributed by atoms with van der Waals surface area (Å²) in [6.45, 7) is 6.37. The lowest BCUT2D eigenvalue weighted by molar-refractivity contribution is -0.385. The molecule has 1 aromatic heterocycles. The highest BCUT2D eigenvalue weighted by Crippen LogP contribution is 2.41. The number of thioether (sulfide) groups is 1. The van der Waals surface area contributed by atoms with Crippen LogP contribution in [-0.2, 0) is 5.75 Å². The van der Waals surface area contributed by atoms with Crippen LogP contribution in [0.4, 0.5) is 11.4 Å². The number of benzene rings is 5. The van der Waals surface area contributed by atoms with Crippen LogP contribution in [0.5, 0.6) is 23.0 Å². The second-order valence-corrected chi connectivity index (χ2v) is 15.1. The molecule has 0 aliphatic rings. The number of aryl methyl sites for hydroxylation is 1. The van der Waals surface area contributed by atoms with E-state index in [4.69, 9.17) is 4.74 Å². The molecule has 0 unspecified atom stereocenters. The zero-order valence-corrected chi connectivity index (χ0v) is 34.2. The first-order valence-electron chi connectivity index (χ1n) is 20.0. The number of aromatic hydroxyl groups is 2. The van der Waals surface area contributed by atoms with E-state index in [1.54, 1.807) is 54.1 Å². The van der Waals surface area contributed by atoms with Crippen molar-refractivity contribution < 1.29 is 24.7 Å². The zero-order chi connectivity index (χ0) is 41.3. The second kappa shape index (κ2) is 22.1. The number of aromatic nitrogens is 4. The molecule has 0 aliphatic carbocycles. The van der Waals surface area contributed by atoms with Crippen LogP contribution in [0.2, 0.25) is 0 Å². The van der Waals surface area contributed by atoms with Crippen molar-refractivity contribution >= 4 is 39.8 Å². The first-order valence-corrected chi connectivity index (χ1v) is 21.0. The largest absolute Gasteiger partial charge is 0.506 e. The van der Waals surface area contributed by atoms with Crippen LogP contribution in [0.15, 0.2) is 102 Å². The Balaban J connectivity index is 0.000000425. The number of nitro groups is 1. The summed E-state index contributed by atoms with van der Waals surface area (Å²) in [7, 11) is 0. The van der Waals surface area contributed by atoms with Gasteiger partial charge >= 0.3 is 5.69 Å². The van der Waals surface area contributed by atoms with E-state index in [-0.39, 0.29) is 39.9 Å². The number of tetrazole rings is 1. The molecule has 1 amide bonds.